The van der Waals surface area contributed by atoms with Gasteiger partial charge in [0.2, 0.25) is 0 Å². The number of carboxylic acid groups (broad SMARTS) is 1. The minimum absolute atomic E-state index is 0.143. The number of hydrogen-bond acceptors (Lipinski definition) is 3. The highest BCUT2D eigenvalue weighted by Gasteiger charge is 2.43. The molecule has 1 saturated carbocycles. The molecular formula is C10H15N3O2. The van der Waals surface area contributed by atoms with Crippen LogP contribution < -0.4 is 5.73 Å². The molecule has 0 aromatic carbocycles. The Balaban J connectivity index is 2.30. The molecule has 1 aromatic rings. The van der Waals surface area contributed by atoms with Crippen molar-refractivity contribution in [1.29, 1.82) is 0 Å². The third kappa shape index (κ3) is 1.63. The molecule has 1 aliphatic rings. The summed E-state index contributed by atoms with van der Waals surface area (Å²) in [5, 5.41) is 15.9. The zero-order chi connectivity index (χ0) is 10.9. The summed E-state index contributed by atoms with van der Waals surface area (Å²) in [7, 11) is 0. The van der Waals surface area contributed by atoms with E-state index in [0.717, 1.165) is 18.4 Å². The van der Waals surface area contributed by atoms with E-state index in [1.165, 1.54) is 0 Å². The van der Waals surface area contributed by atoms with Gasteiger partial charge < -0.3 is 10.8 Å². The maximum Gasteiger partial charge on any atom is 0.314 e. The van der Waals surface area contributed by atoms with Gasteiger partial charge in [-0.2, -0.15) is 5.10 Å². The van der Waals surface area contributed by atoms with Crippen LogP contribution >= 0.6 is 0 Å². The Bertz CT molecular complexity index is 340. The predicted molar refractivity (Wildman–Crippen MR) is 54.3 cm³/mol. The van der Waals surface area contributed by atoms with Crippen LogP contribution in [0.15, 0.2) is 12.4 Å². The minimum atomic E-state index is -0.775. The third-order valence-corrected chi connectivity index (χ3v) is 3.34. The molecule has 2 rings (SSSR count). The normalized spacial score (nSPS) is 31.4. The Hall–Kier alpha value is -1.36. The number of H-pyrrole nitrogens is 1. The molecule has 0 saturated heterocycles. The van der Waals surface area contributed by atoms with Crippen molar-refractivity contribution in [1.82, 2.24) is 10.2 Å². The van der Waals surface area contributed by atoms with Gasteiger partial charge in [-0.05, 0) is 25.7 Å². The summed E-state index contributed by atoms with van der Waals surface area (Å²) in [5.74, 6) is -0.768. The van der Waals surface area contributed by atoms with Gasteiger partial charge in [0.15, 0.2) is 0 Å². The van der Waals surface area contributed by atoms with Crippen LogP contribution in [0.4, 0.5) is 0 Å². The number of rotatable bonds is 2. The Morgan fingerprint density at radius 1 is 1.60 bits per heavy atom. The lowest BCUT2D eigenvalue weighted by Crippen LogP contribution is -2.42. The molecule has 1 heterocycles. The zero-order valence-corrected chi connectivity index (χ0v) is 8.44. The molecule has 5 heteroatoms. The summed E-state index contributed by atoms with van der Waals surface area (Å²) in [4.78, 5) is 11.4. The van der Waals surface area contributed by atoms with Crippen LogP contribution in [0.2, 0.25) is 0 Å². The zero-order valence-electron chi connectivity index (χ0n) is 8.44. The quantitative estimate of drug-likeness (QED) is 0.666. The smallest absolute Gasteiger partial charge is 0.314 e. The Labute approximate surface area is 87.7 Å². The van der Waals surface area contributed by atoms with Gasteiger partial charge >= 0.3 is 5.97 Å². The summed E-state index contributed by atoms with van der Waals surface area (Å²) >= 11 is 0. The summed E-state index contributed by atoms with van der Waals surface area (Å²) < 4.78 is 0. The number of aliphatic carboxylic acids is 1. The molecule has 15 heavy (non-hydrogen) atoms. The first kappa shape index (κ1) is 10.2. The number of hydrogen-bond donors (Lipinski definition) is 3. The molecule has 4 N–H and O–H groups in total. The number of nitrogens with two attached hydrogens (primary N) is 1. The molecule has 1 fully saturated rings. The van der Waals surface area contributed by atoms with Crippen LogP contribution in [-0.4, -0.2) is 27.3 Å². The van der Waals surface area contributed by atoms with Gasteiger partial charge in [-0.3, -0.25) is 9.89 Å². The minimum Gasteiger partial charge on any atom is -0.481 e. The van der Waals surface area contributed by atoms with Crippen molar-refractivity contribution in [2.45, 2.75) is 37.1 Å². The van der Waals surface area contributed by atoms with Gasteiger partial charge in [-0.15, -0.1) is 0 Å². The highest BCUT2D eigenvalue weighted by molar-refractivity contribution is 5.81. The number of aromatic amines is 1. The number of aromatic nitrogens is 2. The van der Waals surface area contributed by atoms with E-state index < -0.39 is 11.4 Å². The fourth-order valence-electron chi connectivity index (χ4n) is 2.27. The first-order valence-corrected chi connectivity index (χ1v) is 5.13. The number of nitrogens with zero attached hydrogens (tertiary/aromatic N) is 1. The fourth-order valence-corrected chi connectivity index (χ4v) is 2.27. The summed E-state index contributed by atoms with van der Waals surface area (Å²) in [6.45, 7) is 0. The third-order valence-electron chi connectivity index (χ3n) is 3.34. The Morgan fingerprint density at radius 3 is 2.73 bits per heavy atom. The van der Waals surface area contributed by atoms with Gasteiger partial charge in [0.1, 0.15) is 0 Å². The van der Waals surface area contributed by atoms with Crippen molar-refractivity contribution < 1.29 is 9.90 Å². The molecule has 1 aromatic heterocycles. The van der Waals surface area contributed by atoms with Gasteiger partial charge in [-0.1, -0.05) is 0 Å². The second kappa shape index (κ2) is 3.66. The summed E-state index contributed by atoms with van der Waals surface area (Å²) in [6, 6.07) is 0.143. The van der Waals surface area contributed by atoms with E-state index in [1.54, 1.807) is 12.4 Å². The van der Waals surface area contributed by atoms with E-state index in [4.69, 9.17) is 5.73 Å². The van der Waals surface area contributed by atoms with Crippen molar-refractivity contribution >= 4 is 5.97 Å². The molecule has 0 aliphatic heterocycles. The van der Waals surface area contributed by atoms with E-state index in [-0.39, 0.29) is 6.04 Å². The van der Waals surface area contributed by atoms with Gasteiger partial charge in [-0.25, -0.2) is 0 Å². The molecule has 1 aliphatic carbocycles. The molecule has 0 bridgehead atoms. The lowest BCUT2D eigenvalue weighted by Gasteiger charge is -2.34. The molecular weight excluding hydrogens is 194 g/mol. The van der Waals surface area contributed by atoms with Gasteiger partial charge in [0.25, 0.3) is 0 Å². The first-order chi connectivity index (χ1) is 7.15. The van der Waals surface area contributed by atoms with Crippen LogP contribution in [0, 0.1) is 0 Å². The maximum absolute atomic E-state index is 11.4. The second-order valence-corrected chi connectivity index (χ2v) is 4.21. The fraction of sp³-hybridized carbons (Fsp3) is 0.600. The monoisotopic (exact) mass is 209 g/mol. The predicted octanol–water partition coefficient (Wildman–Crippen LogP) is 0.633. The molecule has 0 unspecified atom stereocenters. The SMILES string of the molecule is NC1CCC(C(=O)O)(c2cn[nH]c2)CC1. The Morgan fingerprint density at radius 2 is 2.27 bits per heavy atom. The van der Waals surface area contributed by atoms with Crippen LogP contribution in [-0.2, 0) is 10.2 Å². The van der Waals surface area contributed by atoms with Gasteiger partial charge in [0, 0.05) is 17.8 Å². The number of carboxylic acids is 1. The molecule has 0 atom stereocenters. The first-order valence-electron chi connectivity index (χ1n) is 5.13. The highest BCUT2D eigenvalue weighted by atomic mass is 16.4. The average Bonchev–Trinajstić information content (AvgIpc) is 2.72. The van der Waals surface area contributed by atoms with Gasteiger partial charge in [0.05, 0.1) is 11.6 Å². The van der Waals surface area contributed by atoms with Crippen LogP contribution in [0.5, 0.6) is 0 Å². The largest absolute Gasteiger partial charge is 0.481 e. The molecule has 0 amide bonds. The molecule has 5 nitrogen and oxygen atoms in total. The average molecular weight is 209 g/mol. The summed E-state index contributed by atoms with van der Waals surface area (Å²) in [6.07, 6.45) is 6.00. The second-order valence-electron chi connectivity index (χ2n) is 4.21. The number of carbonyl (C=O) groups is 1. The Kier molecular flexibility index (Phi) is 2.48. The van der Waals surface area contributed by atoms with Crippen LogP contribution in [0.1, 0.15) is 31.2 Å². The lowest BCUT2D eigenvalue weighted by atomic mass is 9.69. The van der Waals surface area contributed by atoms with Crippen LogP contribution in [0.3, 0.4) is 0 Å². The van der Waals surface area contributed by atoms with E-state index in [1.807, 2.05) is 0 Å². The summed E-state index contributed by atoms with van der Waals surface area (Å²) in [5.41, 5.74) is 5.78. The van der Waals surface area contributed by atoms with Crippen molar-refractivity contribution in [3.05, 3.63) is 18.0 Å². The number of nitrogens with one attached hydrogen (secondary N) is 1. The van der Waals surface area contributed by atoms with Crippen molar-refractivity contribution in [2.24, 2.45) is 5.73 Å². The highest BCUT2D eigenvalue weighted by Crippen LogP contribution is 2.38. The molecule has 82 valence electrons. The standard InChI is InChI=1S/C10H15N3O2/c11-8-1-3-10(4-2-8,9(14)15)7-5-12-13-6-7/h5-6,8H,1-4,11H2,(H,12,13)(H,14,15). The van der Waals surface area contributed by atoms with Crippen molar-refractivity contribution in [3.8, 4) is 0 Å². The molecule has 0 spiro atoms. The molecule has 0 radical (unpaired) electrons. The maximum atomic E-state index is 11.4. The lowest BCUT2D eigenvalue weighted by molar-refractivity contribution is -0.145. The van der Waals surface area contributed by atoms with Crippen molar-refractivity contribution in [3.63, 3.8) is 0 Å². The van der Waals surface area contributed by atoms with E-state index in [2.05, 4.69) is 10.2 Å². The van der Waals surface area contributed by atoms with Crippen molar-refractivity contribution in [2.75, 3.05) is 0 Å². The van der Waals surface area contributed by atoms with Crippen LogP contribution in [0.25, 0.3) is 0 Å². The van der Waals surface area contributed by atoms with E-state index in [0.29, 0.717) is 12.8 Å². The van der Waals surface area contributed by atoms with E-state index >= 15 is 0 Å². The van der Waals surface area contributed by atoms with E-state index in [9.17, 15) is 9.90 Å². The topological polar surface area (TPSA) is 92.0 Å².